The van der Waals surface area contributed by atoms with E-state index in [-0.39, 0.29) is 11.2 Å². The summed E-state index contributed by atoms with van der Waals surface area (Å²) >= 11 is 0. The van der Waals surface area contributed by atoms with Gasteiger partial charge < -0.3 is 19.4 Å². The van der Waals surface area contributed by atoms with E-state index < -0.39 is 18.8 Å². The van der Waals surface area contributed by atoms with Gasteiger partial charge in [0.05, 0.1) is 25.2 Å². The monoisotopic (exact) mass is 454 g/mol. The quantitative estimate of drug-likeness (QED) is 0.515. The summed E-state index contributed by atoms with van der Waals surface area (Å²) in [5, 5.41) is 7.27. The van der Waals surface area contributed by atoms with Crippen LogP contribution in [0.4, 0.5) is 19.0 Å². The van der Waals surface area contributed by atoms with Crippen molar-refractivity contribution in [3.05, 3.63) is 30.1 Å². The molecule has 10 nitrogen and oxygen atoms in total. The Morgan fingerprint density at radius 3 is 2.88 bits per heavy atom. The van der Waals surface area contributed by atoms with Gasteiger partial charge in [-0.2, -0.15) is 18.3 Å². The third-order valence-electron chi connectivity index (χ3n) is 5.18. The number of imidazole rings is 1. The molecule has 13 heteroatoms. The summed E-state index contributed by atoms with van der Waals surface area (Å²) < 4.78 is 52.9. The number of rotatable bonds is 8. The lowest BCUT2D eigenvalue weighted by Gasteiger charge is -2.32. The lowest BCUT2D eigenvalue weighted by atomic mass is 10.2. The zero-order valence-electron chi connectivity index (χ0n) is 17.8. The number of aromatic nitrogens is 6. The minimum absolute atomic E-state index is 0.111. The van der Waals surface area contributed by atoms with E-state index in [0.717, 1.165) is 23.1 Å². The molecular weight excluding hydrogens is 429 g/mol. The van der Waals surface area contributed by atoms with Crippen LogP contribution in [0.25, 0.3) is 11.2 Å². The summed E-state index contributed by atoms with van der Waals surface area (Å²) in [5.41, 5.74) is 1.43. The molecule has 32 heavy (non-hydrogen) atoms. The summed E-state index contributed by atoms with van der Waals surface area (Å²) in [7, 11) is 3.44. The highest BCUT2D eigenvalue weighted by Crippen LogP contribution is 2.27. The average molecular weight is 454 g/mol. The van der Waals surface area contributed by atoms with Gasteiger partial charge in [0.2, 0.25) is 0 Å². The fourth-order valence-corrected chi connectivity index (χ4v) is 3.60. The summed E-state index contributed by atoms with van der Waals surface area (Å²) in [5.74, 6) is 0.673. The lowest BCUT2D eigenvalue weighted by Crippen LogP contribution is -2.39. The Balaban J connectivity index is 1.62. The van der Waals surface area contributed by atoms with Gasteiger partial charge in [-0.3, -0.25) is 9.58 Å². The zero-order valence-corrected chi connectivity index (χ0v) is 17.8. The Kier molecular flexibility index (Phi) is 6.58. The van der Waals surface area contributed by atoms with E-state index in [2.05, 4.69) is 30.3 Å². The van der Waals surface area contributed by atoms with E-state index in [1.165, 1.54) is 0 Å². The minimum atomic E-state index is -4.40. The van der Waals surface area contributed by atoms with Gasteiger partial charge in [0.25, 0.3) is 0 Å². The number of nitrogens with one attached hydrogen (secondary N) is 1. The van der Waals surface area contributed by atoms with Gasteiger partial charge in [0.1, 0.15) is 18.2 Å². The van der Waals surface area contributed by atoms with Gasteiger partial charge in [-0.05, 0) is 6.07 Å². The van der Waals surface area contributed by atoms with Crippen LogP contribution >= 0.6 is 0 Å². The predicted octanol–water partition coefficient (Wildman–Crippen LogP) is 1.75. The molecule has 1 fully saturated rings. The average Bonchev–Trinajstić information content (AvgIpc) is 3.33. The van der Waals surface area contributed by atoms with E-state index in [0.29, 0.717) is 44.5 Å². The molecule has 1 N–H and O–H groups in total. The van der Waals surface area contributed by atoms with Gasteiger partial charge in [-0.15, -0.1) is 0 Å². The van der Waals surface area contributed by atoms with Crippen molar-refractivity contribution in [1.29, 1.82) is 0 Å². The van der Waals surface area contributed by atoms with Crippen molar-refractivity contribution >= 4 is 17.0 Å². The van der Waals surface area contributed by atoms with Crippen LogP contribution in [0.1, 0.15) is 17.6 Å². The maximum atomic E-state index is 13.1. The fourth-order valence-electron chi connectivity index (χ4n) is 3.60. The second kappa shape index (κ2) is 9.38. The number of anilines is 1. The van der Waals surface area contributed by atoms with Crippen LogP contribution < -0.4 is 5.32 Å². The molecule has 0 saturated carbocycles. The topological polar surface area (TPSA) is 95.2 Å². The van der Waals surface area contributed by atoms with Gasteiger partial charge in [0, 0.05) is 46.5 Å². The van der Waals surface area contributed by atoms with Crippen molar-refractivity contribution in [1.82, 2.24) is 34.2 Å². The standard InChI is InChI=1S/C19H25F3N8O2/c1-28-13(3-4-25-28)9-29-6-8-32-14(10-29)16-26-17(23-5-7-31-2)15-18(27-16)30(12-24-15)11-19(20,21)22/h3-4,12,14H,5-11H2,1-2H3,(H,23,26,27). The van der Waals surface area contributed by atoms with E-state index in [9.17, 15) is 13.2 Å². The summed E-state index contributed by atoms with van der Waals surface area (Å²) in [6.45, 7) is 1.99. The highest BCUT2D eigenvalue weighted by Gasteiger charge is 2.31. The van der Waals surface area contributed by atoms with Crippen molar-refractivity contribution in [2.75, 3.05) is 45.3 Å². The second-order valence-electron chi connectivity index (χ2n) is 7.55. The van der Waals surface area contributed by atoms with Gasteiger partial charge in [-0.25, -0.2) is 15.0 Å². The maximum absolute atomic E-state index is 13.1. The molecule has 0 bridgehead atoms. The Hall–Kier alpha value is -2.77. The van der Waals surface area contributed by atoms with Crippen LogP contribution in [-0.2, 0) is 29.6 Å². The number of methoxy groups -OCH3 is 1. The summed E-state index contributed by atoms with van der Waals surface area (Å²) in [4.78, 5) is 15.3. The number of halogens is 3. The Labute approximate surface area is 182 Å². The van der Waals surface area contributed by atoms with Crippen LogP contribution in [0.2, 0.25) is 0 Å². The molecule has 3 aromatic rings. The molecular formula is C19H25F3N8O2. The second-order valence-corrected chi connectivity index (χ2v) is 7.55. The lowest BCUT2D eigenvalue weighted by molar-refractivity contribution is -0.140. The minimum Gasteiger partial charge on any atom is -0.383 e. The molecule has 1 aliphatic rings. The summed E-state index contributed by atoms with van der Waals surface area (Å²) in [6.07, 6.45) is -2.01. The van der Waals surface area contributed by atoms with Crippen molar-refractivity contribution in [2.24, 2.45) is 7.05 Å². The van der Waals surface area contributed by atoms with Gasteiger partial charge in [-0.1, -0.05) is 0 Å². The molecule has 0 aromatic carbocycles. The predicted molar refractivity (Wildman–Crippen MR) is 109 cm³/mol. The van der Waals surface area contributed by atoms with Crippen LogP contribution in [-0.4, -0.2) is 80.3 Å². The molecule has 4 rings (SSSR count). The van der Waals surface area contributed by atoms with Crippen LogP contribution in [0, 0.1) is 0 Å². The number of hydrogen-bond acceptors (Lipinski definition) is 8. The Bertz CT molecular complexity index is 1050. The highest BCUT2D eigenvalue weighted by molar-refractivity contribution is 5.83. The first-order valence-electron chi connectivity index (χ1n) is 10.2. The van der Waals surface area contributed by atoms with Gasteiger partial charge in [0.15, 0.2) is 17.3 Å². The maximum Gasteiger partial charge on any atom is 0.406 e. The first-order valence-corrected chi connectivity index (χ1v) is 10.2. The molecule has 174 valence electrons. The number of morpholine rings is 1. The zero-order chi connectivity index (χ0) is 22.7. The summed E-state index contributed by atoms with van der Waals surface area (Å²) in [6, 6.07) is 1.94. The fraction of sp³-hybridized carbons (Fsp3) is 0.579. The van der Waals surface area contributed by atoms with Crippen LogP contribution in [0.3, 0.4) is 0 Å². The van der Waals surface area contributed by atoms with E-state index in [1.807, 2.05) is 13.1 Å². The van der Waals surface area contributed by atoms with Gasteiger partial charge >= 0.3 is 6.18 Å². The molecule has 0 radical (unpaired) electrons. The molecule has 0 aliphatic carbocycles. The van der Waals surface area contributed by atoms with E-state index in [4.69, 9.17) is 9.47 Å². The largest absolute Gasteiger partial charge is 0.406 e. The number of hydrogen-bond donors (Lipinski definition) is 1. The molecule has 3 aromatic heterocycles. The number of nitrogens with zero attached hydrogens (tertiary/aromatic N) is 7. The smallest absolute Gasteiger partial charge is 0.383 e. The van der Waals surface area contributed by atoms with Crippen molar-refractivity contribution in [3.8, 4) is 0 Å². The molecule has 4 heterocycles. The molecule has 1 aliphatic heterocycles. The first-order chi connectivity index (χ1) is 15.3. The normalized spacial score (nSPS) is 17.8. The third kappa shape index (κ3) is 5.16. The Morgan fingerprint density at radius 2 is 2.16 bits per heavy atom. The number of fused-ring (bicyclic) bond motifs is 1. The van der Waals surface area contributed by atoms with Crippen LogP contribution in [0.5, 0.6) is 0 Å². The number of aryl methyl sites for hydroxylation is 1. The number of ether oxygens (including phenoxy) is 2. The SMILES string of the molecule is COCCNc1nc(C2CN(Cc3ccnn3C)CCO2)nc2c1ncn2CC(F)(F)F. The number of alkyl halides is 3. The van der Waals surface area contributed by atoms with E-state index in [1.54, 1.807) is 18.0 Å². The molecule has 0 amide bonds. The van der Waals surface area contributed by atoms with Crippen LogP contribution in [0.15, 0.2) is 18.6 Å². The van der Waals surface area contributed by atoms with E-state index >= 15 is 0 Å². The molecule has 1 saturated heterocycles. The molecule has 1 atom stereocenters. The Morgan fingerprint density at radius 1 is 1.31 bits per heavy atom. The van der Waals surface area contributed by atoms with Crippen molar-refractivity contribution in [2.45, 2.75) is 25.4 Å². The molecule has 1 unspecified atom stereocenters. The first kappa shape index (κ1) is 22.4. The third-order valence-corrected chi connectivity index (χ3v) is 5.18. The van der Waals surface area contributed by atoms with Crippen molar-refractivity contribution < 1.29 is 22.6 Å². The highest BCUT2D eigenvalue weighted by atomic mass is 19.4. The van der Waals surface area contributed by atoms with Crippen molar-refractivity contribution in [3.63, 3.8) is 0 Å². The molecule has 0 spiro atoms.